The van der Waals surface area contributed by atoms with Gasteiger partial charge in [0.2, 0.25) is 0 Å². The molecule has 0 aliphatic heterocycles. The molecule has 2 heterocycles. The molecular weight excluding hydrogens is 292 g/mol. The second kappa shape index (κ2) is 5.87. The topological polar surface area (TPSA) is 73.0 Å². The van der Waals surface area contributed by atoms with Crippen LogP contribution in [0, 0.1) is 0 Å². The van der Waals surface area contributed by atoms with Crippen LogP contribution >= 0.6 is 0 Å². The van der Waals surface area contributed by atoms with E-state index in [0.717, 1.165) is 36.8 Å². The van der Waals surface area contributed by atoms with Crippen molar-refractivity contribution in [2.24, 2.45) is 0 Å². The number of anilines is 1. The molecule has 3 aromatic rings. The molecular formula is C17H18N4O2. The SMILES string of the molecule is O=c1cccnn1C1CCC(Nc2nc3ccccc3o2)CC1. The van der Waals surface area contributed by atoms with Crippen LogP contribution in [0.15, 0.2) is 51.8 Å². The lowest BCUT2D eigenvalue weighted by Gasteiger charge is -2.28. The molecule has 23 heavy (non-hydrogen) atoms. The standard InChI is InChI=1S/C17H18N4O2/c22-16-6-3-11-18-21(16)13-9-7-12(8-10-13)19-17-20-14-4-1-2-5-15(14)23-17/h1-6,11-13H,7-10H2,(H,19,20). The van der Waals surface area contributed by atoms with Crippen molar-refractivity contribution < 1.29 is 4.42 Å². The normalized spacial score (nSPS) is 21.4. The summed E-state index contributed by atoms with van der Waals surface area (Å²) in [4.78, 5) is 16.3. The minimum absolute atomic E-state index is 0.0251. The zero-order chi connectivity index (χ0) is 15.6. The van der Waals surface area contributed by atoms with Gasteiger partial charge in [-0.2, -0.15) is 10.1 Å². The molecule has 4 rings (SSSR count). The predicted octanol–water partition coefficient (Wildman–Crippen LogP) is 2.98. The maximum absolute atomic E-state index is 11.9. The third kappa shape index (κ3) is 2.84. The van der Waals surface area contributed by atoms with E-state index in [9.17, 15) is 4.79 Å². The number of nitrogens with one attached hydrogen (secondary N) is 1. The fourth-order valence-electron chi connectivity index (χ4n) is 3.22. The first kappa shape index (κ1) is 14.0. The lowest BCUT2D eigenvalue weighted by atomic mass is 9.91. The summed E-state index contributed by atoms with van der Waals surface area (Å²) in [5.41, 5.74) is 1.63. The van der Waals surface area contributed by atoms with Crippen LogP contribution in [0.4, 0.5) is 6.01 Å². The number of benzene rings is 1. The zero-order valence-corrected chi connectivity index (χ0v) is 12.7. The Morgan fingerprint density at radius 1 is 1.09 bits per heavy atom. The average molecular weight is 310 g/mol. The molecule has 0 saturated heterocycles. The third-order valence-corrected chi connectivity index (χ3v) is 4.41. The number of aromatic nitrogens is 3. The first-order chi connectivity index (χ1) is 11.3. The Bertz CT molecular complexity index is 829. The van der Waals surface area contributed by atoms with E-state index in [-0.39, 0.29) is 11.6 Å². The third-order valence-electron chi connectivity index (χ3n) is 4.41. The second-order valence-electron chi connectivity index (χ2n) is 5.94. The van der Waals surface area contributed by atoms with Gasteiger partial charge in [-0.25, -0.2) is 4.68 Å². The van der Waals surface area contributed by atoms with E-state index in [2.05, 4.69) is 15.4 Å². The van der Waals surface area contributed by atoms with Gasteiger partial charge in [-0.1, -0.05) is 12.1 Å². The minimum atomic E-state index is -0.0251. The monoisotopic (exact) mass is 310 g/mol. The fourth-order valence-corrected chi connectivity index (χ4v) is 3.22. The minimum Gasteiger partial charge on any atom is -0.424 e. The smallest absolute Gasteiger partial charge is 0.295 e. The highest BCUT2D eigenvalue weighted by Crippen LogP contribution is 2.29. The molecule has 0 spiro atoms. The molecule has 6 heteroatoms. The number of rotatable bonds is 3. The lowest BCUT2D eigenvalue weighted by Crippen LogP contribution is -2.32. The van der Waals surface area contributed by atoms with Gasteiger partial charge in [-0.05, 0) is 43.9 Å². The van der Waals surface area contributed by atoms with Gasteiger partial charge in [-0.15, -0.1) is 0 Å². The van der Waals surface area contributed by atoms with E-state index in [4.69, 9.17) is 4.42 Å². The molecule has 1 aromatic carbocycles. The number of nitrogens with zero attached hydrogens (tertiary/aromatic N) is 3. The molecule has 0 bridgehead atoms. The van der Waals surface area contributed by atoms with E-state index < -0.39 is 0 Å². The Morgan fingerprint density at radius 3 is 2.70 bits per heavy atom. The Hall–Kier alpha value is -2.63. The zero-order valence-electron chi connectivity index (χ0n) is 12.7. The van der Waals surface area contributed by atoms with Crippen LogP contribution in [-0.2, 0) is 0 Å². The van der Waals surface area contributed by atoms with Crippen LogP contribution in [0.25, 0.3) is 11.1 Å². The molecule has 1 fully saturated rings. The molecule has 1 N–H and O–H groups in total. The molecule has 0 unspecified atom stereocenters. The molecule has 0 atom stereocenters. The van der Waals surface area contributed by atoms with Crippen LogP contribution in [0.5, 0.6) is 0 Å². The summed E-state index contributed by atoms with van der Waals surface area (Å²) in [5, 5.41) is 7.56. The number of oxazole rings is 1. The van der Waals surface area contributed by atoms with Crippen molar-refractivity contribution in [1.82, 2.24) is 14.8 Å². The van der Waals surface area contributed by atoms with Gasteiger partial charge in [0.25, 0.3) is 11.6 Å². The van der Waals surface area contributed by atoms with Crippen LogP contribution in [0.3, 0.4) is 0 Å². The summed E-state index contributed by atoms with van der Waals surface area (Å²) in [6.07, 6.45) is 5.45. The van der Waals surface area contributed by atoms with Gasteiger partial charge < -0.3 is 9.73 Å². The first-order valence-corrected chi connectivity index (χ1v) is 7.95. The number of para-hydroxylation sites is 2. The number of hydrogen-bond acceptors (Lipinski definition) is 5. The Kier molecular flexibility index (Phi) is 3.57. The quantitative estimate of drug-likeness (QED) is 0.805. The van der Waals surface area contributed by atoms with Gasteiger partial charge in [-0.3, -0.25) is 4.79 Å². The molecule has 2 aromatic heterocycles. The van der Waals surface area contributed by atoms with Crippen molar-refractivity contribution in [2.75, 3.05) is 5.32 Å². The van der Waals surface area contributed by atoms with Crippen LogP contribution in [-0.4, -0.2) is 20.8 Å². The summed E-state index contributed by atoms with van der Waals surface area (Å²) in [7, 11) is 0. The summed E-state index contributed by atoms with van der Waals surface area (Å²) < 4.78 is 7.32. The highest BCUT2D eigenvalue weighted by molar-refractivity contribution is 5.74. The molecule has 118 valence electrons. The van der Waals surface area contributed by atoms with Crippen molar-refractivity contribution in [3.8, 4) is 0 Å². The maximum Gasteiger partial charge on any atom is 0.295 e. The Balaban J connectivity index is 1.42. The van der Waals surface area contributed by atoms with Crippen LogP contribution < -0.4 is 10.9 Å². The van der Waals surface area contributed by atoms with Gasteiger partial charge in [0.05, 0.1) is 6.04 Å². The van der Waals surface area contributed by atoms with Gasteiger partial charge in [0, 0.05) is 18.3 Å². The van der Waals surface area contributed by atoms with E-state index in [1.54, 1.807) is 23.0 Å². The van der Waals surface area contributed by atoms with Crippen LogP contribution in [0.1, 0.15) is 31.7 Å². The van der Waals surface area contributed by atoms with Gasteiger partial charge >= 0.3 is 0 Å². The average Bonchev–Trinajstić information content (AvgIpc) is 2.98. The molecule has 1 aliphatic rings. The van der Waals surface area contributed by atoms with E-state index in [1.165, 1.54) is 0 Å². The number of fused-ring (bicyclic) bond motifs is 1. The highest BCUT2D eigenvalue weighted by Gasteiger charge is 2.24. The van der Waals surface area contributed by atoms with Gasteiger partial charge in [0.15, 0.2) is 5.58 Å². The second-order valence-corrected chi connectivity index (χ2v) is 5.94. The van der Waals surface area contributed by atoms with Crippen molar-refractivity contribution in [2.45, 2.75) is 37.8 Å². The van der Waals surface area contributed by atoms with E-state index in [1.807, 2.05) is 24.3 Å². The summed E-state index contributed by atoms with van der Waals surface area (Å²) in [6.45, 7) is 0. The maximum atomic E-state index is 11.9. The van der Waals surface area contributed by atoms with Crippen LogP contribution in [0.2, 0.25) is 0 Å². The van der Waals surface area contributed by atoms with Crippen molar-refractivity contribution in [1.29, 1.82) is 0 Å². The predicted molar refractivity (Wildman–Crippen MR) is 87.4 cm³/mol. The highest BCUT2D eigenvalue weighted by atomic mass is 16.4. The van der Waals surface area contributed by atoms with E-state index in [0.29, 0.717) is 12.1 Å². The summed E-state index contributed by atoms with van der Waals surface area (Å²) in [5.74, 6) is 0. The van der Waals surface area contributed by atoms with E-state index >= 15 is 0 Å². The fraction of sp³-hybridized carbons (Fsp3) is 0.353. The molecule has 1 aliphatic carbocycles. The summed E-state index contributed by atoms with van der Waals surface area (Å²) >= 11 is 0. The largest absolute Gasteiger partial charge is 0.424 e. The Morgan fingerprint density at radius 2 is 1.91 bits per heavy atom. The van der Waals surface area contributed by atoms with Crippen molar-refractivity contribution in [3.05, 3.63) is 52.9 Å². The van der Waals surface area contributed by atoms with Crippen molar-refractivity contribution in [3.63, 3.8) is 0 Å². The van der Waals surface area contributed by atoms with Gasteiger partial charge in [0.1, 0.15) is 5.52 Å². The molecule has 1 saturated carbocycles. The Labute approximate surface area is 133 Å². The lowest BCUT2D eigenvalue weighted by molar-refractivity contribution is 0.301. The molecule has 6 nitrogen and oxygen atoms in total. The first-order valence-electron chi connectivity index (χ1n) is 7.95. The molecule has 0 amide bonds. The van der Waals surface area contributed by atoms with Crippen molar-refractivity contribution >= 4 is 17.1 Å². The summed E-state index contributed by atoms with van der Waals surface area (Å²) in [6, 6.07) is 12.1. The molecule has 0 radical (unpaired) electrons. The number of hydrogen-bond donors (Lipinski definition) is 1.